The highest BCUT2D eigenvalue weighted by Crippen LogP contribution is 2.22. The predicted octanol–water partition coefficient (Wildman–Crippen LogP) is 1.16. The third-order valence-electron chi connectivity index (χ3n) is 4.64. The topological polar surface area (TPSA) is 111 Å². The van der Waals surface area contributed by atoms with Crippen LogP contribution in [0.3, 0.4) is 0 Å². The molecular formula is C19H27N3O5. The second-order valence-corrected chi connectivity index (χ2v) is 6.46. The number of nitrogens with two attached hydrogens (primary N) is 1. The first-order valence-electron chi connectivity index (χ1n) is 9.01. The monoisotopic (exact) mass is 377 g/mol. The van der Waals surface area contributed by atoms with E-state index >= 15 is 0 Å². The molecule has 2 rings (SSSR count). The van der Waals surface area contributed by atoms with Crippen molar-refractivity contribution in [1.29, 1.82) is 0 Å². The Hall–Kier alpha value is -2.45. The summed E-state index contributed by atoms with van der Waals surface area (Å²) in [4.78, 5) is 38.5. The van der Waals surface area contributed by atoms with Crippen molar-refractivity contribution >= 4 is 23.5 Å². The predicted molar refractivity (Wildman–Crippen MR) is 100 cm³/mol. The molecule has 2 amide bonds. The van der Waals surface area contributed by atoms with Crippen molar-refractivity contribution in [2.24, 2.45) is 5.73 Å². The molecule has 0 bridgehead atoms. The van der Waals surface area contributed by atoms with Crippen LogP contribution in [-0.4, -0.2) is 62.1 Å². The number of carbonyl (C=O) groups is 3. The van der Waals surface area contributed by atoms with E-state index < -0.39 is 12.0 Å². The molecule has 1 saturated heterocycles. The highest BCUT2D eigenvalue weighted by atomic mass is 16.5. The summed E-state index contributed by atoms with van der Waals surface area (Å²) in [6, 6.07) is 6.09. The van der Waals surface area contributed by atoms with Gasteiger partial charge in [0.25, 0.3) is 5.91 Å². The molecule has 0 aliphatic carbocycles. The van der Waals surface area contributed by atoms with Gasteiger partial charge >= 0.3 is 5.97 Å². The minimum Gasteiger partial charge on any atom is -0.467 e. The van der Waals surface area contributed by atoms with Crippen LogP contribution in [-0.2, 0) is 19.1 Å². The Morgan fingerprint density at radius 2 is 2.07 bits per heavy atom. The van der Waals surface area contributed by atoms with E-state index in [2.05, 4.69) is 5.32 Å². The number of amides is 2. The lowest BCUT2D eigenvalue weighted by Gasteiger charge is -2.33. The lowest BCUT2D eigenvalue weighted by Crippen LogP contribution is -2.48. The molecule has 2 unspecified atom stereocenters. The highest BCUT2D eigenvalue weighted by Gasteiger charge is 2.33. The Morgan fingerprint density at radius 3 is 2.74 bits per heavy atom. The first-order valence-corrected chi connectivity index (χ1v) is 9.01. The normalized spacial score (nSPS) is 17.9. The third-order valence-corrected chi connectivity index (χ3v) is 4.64. The fraction of sp³-hybridized carbons (Fsp3) is 0.526. The summed E-state index contributed by atoms with van der Waals surface area (Å²) in [6.45, 7) is 0.744. The number of rotatable bonds is 7. The smallest absolute Gasteiger partial charge is 0.328 e. The molecule has 2 atom stereocenters. The highest BCUT2D eigenvalue weighted by molar-refractivity contribution is 5.99. The number of hydrogen-bond donors (Lipinski definition) is 2. The summed E-state index contributed by atoms with van der Waals surface area (Å²) in [6.07, 6.45) is 2.08. The molecule has 1 aliphatic rings. The van der Waals surface area contributed by atoms with E-state index in [0.717, 1.165) is 12.8 Å². The van der Waals surface area contributed by atoms with Gasteiger partial charge in [0.1, 0.15) is 6.04 Å². The number of nitrogens with zero attached hydrogens (tertiary/aromatic N) is 1. The van der Waals surface area contributed by atoms with Crippen LogP contribution in [0.25, 0.3) is 0 Å². The zero-order valence-corrected chi connectivity index (χ0v) is 15.8. The molecule has 1 aromatic carbocycles. The van der Waals surface area contributed by atoms with E-state index in [0.29, 0.717) is 24.2 Å². The van der Waals surface area contributed by atoms with Gasteiger partial charge in [-0.15, -0.1) is 0 Å². The van der Waals surface area contributed by atoms with Crippen LogP contribution < -0.4 is 11.1 Å². The molecule has 0 radical (unpaired) electrons. The Labute approximate surface area is 159 Å². The average molecular weight is 377 g/mol. The molecule has 0 spiro atoms. The van der Waals surface area contributed by atoms with Crippen LogP contribution in [0.5, 0.6) is 0 Å². The Bertz CT molecular complexity index is 675. The van der Waals surface area contributed by atoms with Gasteiger partial charge < -0.3 is 25.4 Å². The Morgan fingerprint density at radius 1 is 1.30 bits per heavy atom. The van der Waals surface area contributed by atoms with Crippen LogP contribution in [0, 0.1) is 0 Å². The van der Waals surface area contributed by atoms with E-state index in [1.807, 2.05) is 0 Å². The summed E-state index contributed by atoms with van der Waals surface area (Å²) < 4.78 is 9.93. The molecule has 27 heavy (non-hydrogen) atoms. The van der Waals surface area contributed by atoms with Crippen LogP contribution >= 0.6 is 0 Å². The van der Waals surface area contributed by atoms with E-state index in [9.17, 15) is 14.4 Å². The molecule has 8 nitrogen and oxygen atoms in total. The summed E-state index contributed by atoms with van der Waals surface area (Å²) in [5.41, 5.74) is 6.44. The fourth-order valence-electron chi connectivity index (χ4n) is 3.13. The lowest BCUT2D eigenvalue weighted by molar-refractivity contribution is -0.147. The van der Waals surface area contributed by atoms with Crippen LogP contribution in [0.1, 0.15) is 36.0 Å². The first kappa shape index (κ1) is 20.9. The molecule has 0 aromatic heterocycles. The standard InChI is InChI=1S/C19H27N3O5/c1-26-15(12-20)11-17(23)21-14-7-5-6-13(10-14)18(24)22-9-4-3-8-16(22)19(25)27-2/h5-7,10,15-16H,3-4,8-9,11-12,20H2,1-2H3,(H,21,23). The van der Waals surface area contributed by atoms with E-state index in [1.54, 1.807) is 29.2 Å². The molecular weight excluding hydrogens is 350 g/mol. The van der Waals surface area contributed by atoms with E-state index in [-0.39, 0.29) is 30.9 Å². The number of hydrogen-bond acceptors (Lipinski definition) is 6. The number of carbonyl (C=O) groups excluding carboxylic acids is 3. The molecule has 8 heteroatoms. The van der Waals surface area contributed by atoms with Crippen LogP contribution in [0.15, 0.2) is 24.3 Å². The van der Waals surface area contributed by atoms with Gasteiger partial charge in [0.2, 0.25) is 5.91 Å². The lowest BCUT2D eigenvalue weighted by atomic mass is 10.0. The zero-order valence-electron chi connectivity index (χ0n) is 15.8. The SMILES string of the molecule is COC(=O)C1CCCCN1C(=O)c1cccc(NC(=O)CC(CN)OC)c1. The van der Waals surface area contributed by atoms with Crippen molar-refractivity contribution in [3.8, 4) is 0 Å². The summed E-state index contributed by atoms with van der Waals surface area (Å²) in [5, 5.41) is 2.75. The Kier molecular flexibility index (Phi) is 7.75. The molecule has 1 aromatic rings. The molecule has 148 valence electrons. The van der Waals surface area contributed by atoms with Crippen molar-refractivity contribution in [2.75, 3.05) is 32.6 Å². The van der Waals surface area contributed by atoms with Crippen molar-refractivity contribution in [3.05, 3.63) is 29.8 Å². The number of piperidine rings is 1. The van der Waals surface area contributed by atoms with Gasteiger partial charge in [-0.3, -0.25) is 9.59 Å². The van der Waals surface area contributed by atoms with Crippen LogP contribution in [0.2, 0.25) is 0 Å². The Balaban J connectivity index is 2.10. The number of methoxy groups -OCH3 is 2. The van der Waals surface area contributed by atoms with Gasteiger partial charge in [-0.1, -0.05) is 6.07 Å². The average Bonchev–Trinajstić information content (AvgIpc) is 2.71. The quantitative estimate of drug-likeness (QED) is 0.690. The molecule has 1 heterocycles. The molecule has 1 aliphatic heterocycles. The minimum absolute atomic E-state index is 0.127. The minimum atomic E-state index is -0.568. The van der Waals surface area contributed by atoms with Crippen molar-refractivity contribution in [2.45, 2.75) is 37.8 Å². The number of esters is 1. The zero-order chi connectivity index (χ0) is 19.8. The van der Waals surface area contributed by atoms with Gasteiger partial charge in [0, 0.05) is 31.5 Å². The first-order chi connectivity index (χ1) is 13.0. The summed E-state index contributed by atoms with van der Waals surface area (Å²) in [5.74, 6) is -0.903. The van der Waals surface area contributed by atoms with E-state index in [4.69, 9.17) is 15.2 Å². The van der Waals surface area contributed by atoms with Crippen molar-refractivity contribution < 1.29 is 23.9 Å². The molecule has 0 saturated carbocycles. The van der Waals surface area contributed by atoms with Gasteiger partial charge in [0.15, 0.2) is 0 Å². The summed E-state index contributed by atoms with van der Waals surface area (Å²) in [7, 11) is 2.82. The van der Waals surface area contributed by atoms with Crippen molar-refractivity contribution in [3.63, 3.8) is 0 Å². The maximum Gasteiger partial charge on any atom is 0.328 e. The largest absolute Gasteiger partial charge is 0.467 e. The number of benzene rings is 1. The van der Waals surface area contributed by atoms with Gasteiger partial charge in [-0.05, 0) is 37.5 Å². The second kappa shape index (κ2) is 10.0. The third kappa shape index (κ3) is 5.51. The van der Waals surface area contributed by atoms with E-state index in [1.165, 1.54) is 14.2 Å². The van der Waals surface area contributed by atoms with Gasteiger partial charge in [-0.2, -0.15) is 0 Å². The van der Waals surface area contributed by atoms with Crippen molar-refractivity contribution in [1.82, 2.24) is 4.90 Å². The number of ether oxygens (including phenoxy) is 2. The molecule has 1 fully saturated rings. The number of likely N-dealkylation sites (tertiary alicyclic amines) is 1. The van der Waals surface area contributed by atoms with Gasteiger partial charge in [0.05, 0.1) is 19.6 Å². The molecule has 3 N–H and O–H groups in total. The second-order valence-electron chi connectivity index (χ2n) is 6.46. The summed E-state index contributed by atoms with van der Waals surface area (Å²) >= 11 is 0. The number of nitrogens with one attached hydrogen (secondary N) is 1. The maximum atomic E-state index is 12.9. The van der Waals surface area contributed by atoms with Crippen LogP contribution in [0.4, 0.5) is 5.69 Å². The maximum absolute atomic E-state index is 12.9. The fourth-order valence-corrected chi connectivity index (χ4v) is 3.13. The van der Waals surface area contributed by atoms with Gasteiger partial charge in [-0.25, -0.2) is 4.79 Å². The number of anilines is 1.